The summed E-state index contributed by atoms with van der Waals surface area (Å²) >= 11 is 0. The Kier molecular flexibility index (Phi) is 11.6. The Morgan fingerprint density at radius 3 is 1.95 bits per heavy atom. The number of ether oxygens (including phenoxy) is 4. The van der Waals surface area contributed by atoms with Crippen LogP contribution in [0, 0.1) is 0 Å². The summed E-state index contributed by atoms with van der Waals surface area (Å²) in [5.74, 6) is -2.83. The van der Waals surface area contributed by atoms with Crippen molar-refractivity contribution in [1.82, 2.24) is 16.0 Å². The molecule has 1 heterocycles. The zero-order valence-electron chi connectivity index (χ0n) is 23.1. The van der Waals surface area contributed by atoms with E-state index in [2.05, 4.69) is 16.0 Å². The zero-order valence-corrected chi connectivity index (χ0v) is 23.1. The normalized spacial score (nSPS) is 15.4. The molecule has 1 fully saturated rings. The fraction of sp³-hybridized carbons (Fsp3) is 0.414. The van der Waals surface area contributed by atoms with Crippen molar-refractivity contribution in [3.05, 3.63) is 71.8 Å². The lowest BCUT2D eigenvalue weighted by Crippen LogP contribution is -2.62. The summed E-state index contributed by atoms with van der Waals surface area (Å²) in [4.78, 5) is 63.7. The molecule has 1 saturated heterocycles. The van der Waals surface area contributed by atoms with Crippen molar-refractivity contribution in [3.63, 3.8) is 0 Å². The summed E-state index contributed by atoms with van der Waals surface area (Å²) in [6.07, 6.45) is -1.04. The third kappa shape index (κ3) is 9.60. The van der Waals surface area contributed by atoms with Crippen LogP contribution in [0.1, 0.15) is 37.3 Å². The predicted molar refractivity (Wildman–Crippen MR) is 145 cm³/mol. The van der Waals surface area contributed by atoms with E-state index in [-0.39, 0.29) is 39.3 Å². The van der Waals surface area contributed by atoms with Crippen molar-refractivity contribution < 1.29 is 42.9 Å². The molecule has 1 aliphatic rings. The van der Waals surface area contributed by atoms with Gasteiger partial charge in [0, 0.05) is 26.1 Å². The molecule has 3 amide bonds. The van der Waals surface area contributed by atoms with Gasteiger partial charge in [0.2, 0.25) is 11.8 Å². The molecule has 41 heavy (non-hydrogen) atoms. The van der Waals surface area contributed by atoms with Gasteiger partial charge in [-0.15, -0.1) is 0 Å². The Labute approximate surface area is 238 Å². The van der Waals surface area contributed by atoms with E-state index in [1.54, 1.807) is 48.5 Å². The minimum absolute atomic E-state index is 0.0232. The Morgan fingerprint density at radius 2 is 1.39 bits per heavy atom. The molecule has 3 N–H and O–H groups in total. The van der Waals surface area contributed by atoms with Crippen molar-refractivity contribution in [3.8, 4) is 0 Å². The van der Waals surface area contributed by atoms with Crippen LogP contribution in [0.15, 0.2) is 60.7 Å². The molecule has 12 heteroatoms. The lowest BCUT2D eigenvalue weighted by molar-refractivity contribution is -0.155. The topological polar surface area (TPSA) is 158 Å². The van der Waals surface area contributed by atoms with Crippen LogP contribution >= 0.6 is 0 Å². The van der Waals surface area contributed by atoms with Gasteiger partial charge >= 0.3 is 18.0 Å². The lowest BCUT2D eigenvalue weighted by atomic mass is 9.89. The second-order valence-electron chi connectivity index (χ2n) is 9.51. The largest absolute Gasteiger partial charge is 0.467 e. The fourth-order valence-electron chi connectivity index (χ4n) is 4.10. The summed E-state index contributed by atoms with van der Waals surface area (Å²) in [6, 6.07) is 15.3. The highest BCUT2D eigenvalue weighted by atomic mass is 16.6. The number of hydrogen-bond acceptors (Lipinski definition) is 9. The number of carbonyl (C=O) groups excluding carboxylic acids is 5. The molecule has 1 aliphatic heterocycles. The second-order valence-corrected chi connectivity index (χ2v) is 9.51. The van der Waals surface area contributed by atoms with Gasteiger partial charge in [-0.05, 0) is 18.1 Å². The maximum Gasteiger partial charge on any atom is 0.408 e. The van der Waals surface area contributed by atoms with Crippen molar-refractivity contribution >= 4 is 29.8 Å². The van der Waals surface area contributed by atoms with Crippen LogP contribution < -0.4 is 16.0 Å². The standard InChI is InChI=1S/C29H35N3O9/c1-20(25(34)32-29(27(36)38-2)13-15-39-16-14-29)30-26(35)23(17-24(33)40-18-21-9-5-3-6-10-21)31-28(37)41-19-22-11-7-4-8-12-22/h3-12,20,23H,13-19H2,1-2H3,(H,30,35)(H,31,37)(H,32,34)/t20-,23+/m1/s1. The molecule has 0 radical (unpaired) electrons. The van der Waals surface area contributed by atoms with Crippen LogP contribution in [0.5, 0.6) is 0 Å². The smallest absolute Gasteiger partial charge is 0.408 e. The third-order valence-electron chi connectivity index (χ3n) is 6.47. The van der Waals surface area contributed by atoms with E-state index in [9.17, 15) is 24.0 Å². The first-order valence-corrected chi connectivity index (χ1v) is 13.2. The van der Waals surface area contributed by atoms with Crippen molar-refractivity contribution in [1.29, 1.82) is 0 Å². The van der Waals surface area contributed by atoms with E-state index >= 15 is 0 Å². The van der Waals surface area contributed by atoms with Crippen molar-refractivity contribution in [2.24, 2.45) is 0 Å². The fourth-order valence-corrected chi connectivity index (χ4v) is 4.10. The number of alkyl carbamates (subject to hydrolysis) is 1. The minimum Gasteiger partial charge on any atom is -0.467 e. The summed E-state index contributed by atoms with van der Waals surface area (Å²) in [5.41, 5.74) is 0.183. The summed E-state index contributed by atoms with van der Waals surface area (Å²) in [5, 5.41) is 7.54. The third-order valence-corrected chi connectivity index (χ3v) is 6.47. The van der Waals surface area contributed by atoms with Crippen molar-refractivity contribution in [2.45, 2.75) is 57.0 Å². The molecule has 3 rings (SSSR count). The number of rotatable bonds is 12. The molecular weight excluding hydrogens is 534 g/mol. The van der Waals surface area contributed by atoms with Crippen molar-refractivity contribution in [2.75, 3.05) is 20.3 Å². The number of amides is 3. The number of benzene rings is 2. The minimum atomic E-state index is -1.41. The van der Waals surface area contributed by atoms with E-state index in [1.165, 1.54) is 14.0 Å². The number of hydrogen-bond donors (Lipinski definition) is 3. The maximum absolute atomic E-state index is 13.2. The highest BCUT2D eigenvalue weighted by molar-refractivity contribution is 5.95. The van der Waals surface area contributed by atoms with Gasteiger partial charge in [-0.2, -0.15) is 0 Å². The van der Waals surface area contributed by atoms with Crippen LogP contribution in [0.25, 0.3) is 0 Å². The monoisotopic (exact) mass is 569 g/mol. The van der Waals surface area contributed by atoms with Gasteiger partial charge in [-0.25, -0.2) is 9.59 Å². The molecule has 0 unspecified atom stereocenters. The Bertz CT molecular complexity index is 1130. The summed E-state index contributed by atoms with van der Waals surface area (Å²) in [6.45, 7) is 1.83. The van der Waals surface area contributed by atoms with Crippen LogP contribution in [-0.2, 0) is 51.3 Å². The number of esters is 2. The SMILES string of the molecule is COC(=O)C1(NC(=O)[C@@H](C)NC(=O)[C@H](CC(=O)OCc2ccccc2)NC(=O)OCc2ccccc2)CCOCC1. The zero-order chi connectivity index (χ0) is 29.7. The lowest BCUT2D eigenvalue weighted by Gasteiger charge is -2.36. The van der Waals surface area contributed by atoms with E-state index in [1.807, 2.05) is 12.1 Å². The Morgan fingerprint density at radius 1 is 0.829 bits per heavy atom. The number of nitrogens with one attached hydrogen (secondary N) is 3. The molecule has 220 valence electrons. The highest BCUT2D eigenvalue weighted by Crippen LogP contribution is 2.22. The van der Waals surface area contributed by atoms with Gasteiger partial charge in [-0.1, -0.05) is 60.7 Å². The average molecular weight is 570 g/mol. The average Bonchev–Trinajstić information content (AvgIpc) is 2.99. The van der Waals surface area contributed by atoms with Crippen LogP contribution in [0.4, 0.5) is 4.79 Å². The second kappa shape index (κ2) is 15.4. The quantitative estimate of drug-likeness (QED) is 0.256. The number of carbonyl (C=O) groups is 5. The van der Waals surface area contributed by atoms with E-state index in [0.717, 1.165) is 11.1 Å². The van der Waals surface area contributed by atoms with Gasteiger partial charge in [0.05, 0.1) is 13.5 Å². The molecule has 2 aromatic rings. The number of methoxy groups -OCH3 is 1. The Balaban J connectivity index is 1.63. The van der Waals surface area contributed by atoms with Gasteiger partial charge in [-0.3, -0.25) is 14.4 Å². The van der Waals surface area contributed by atoms with E-state index in [0.29, 0.717) is 0 Å². The molecule has 0 saturated carbocycles. The van der Waals surface area contributed by atoms with E-state index < -0.39 is 53.9 Å². The summed E-state index contributed by atoms with van der Waals surface area (Å²) in [7, 11) is 1.22. The van der Waals surface area contributed by atoms with Gasteiger partial charge in [0.25, 0.3) is 0 Å². The summed E-state index contributed by atoms with van der Waals surface area (Å²) < 4.78 is 20.7. The highest BCUT2D eigenvalue weighted by Gasteiger charge is 2.43. The van der Waals surface area contributed by atoms with E-state index in [4.69, 9.17) is 18.9 Å². The molecule has 0 bridgehead atoms. The molecule has 12 nitrogen and oxygen atoms in total. The first-order chi connectivity index (χ1) is 19.7. The molecule has 2 atom stereocenters. The molecule has 0 spiro atoms. The van der Waals surface area contributed by atoms with Gasteiger partial charge in [0.1, 0.15) is 30.8 Å². The predicted octanol–water partition coefficient (Wildman–Crippen LogP) is 1.76. The molecule has 2 aromatic carbocycles. The maximum atomic E-state index is 13.2. The molecular formula is C29H35N3O9. The van der Waals surface area contributed by atoms with Crippen LogP contribution in [0.3, 0.4) is 0 Å². The Hall–Kier alpha value is -4.45. The van der Waals surface area contributed by atoms with Crippen LogP contribution in [-0.4, -0.2) is 67.8 Å². The molecule has 0 aromatic heterocycles. The van der Waals surface area contributed by atoms with Crippen LogP contribution in [0.2, 0.25) is 0 Å². The molecule has 0 aliphatic carbocycles. The first-order valence-electron chi connectivity index (χ1n) is 13.2. The van der Waals surface area contributed by atoms with Gasteiger partial charge < -0.3 is 34.9 Å². The van der Waals surface area contributed by atoms with Gasteiger partial charge in [0.15, 0.2) is 0 Å². The first kappa shape index (κ1) is 31.1.